The number of hydrogen-bond donors (Lipinski definition) is 2. The molecule has 1 amide bonds. The molecule has 1 aromatic rings. The number of ether oxygens (including phenoxy) is 2. The molecule has 2 fully saturated rings. The molecule has 2 heterocycles. The second-order valence-electron chi connectivity index (χ2n) is 6.80. The summed E-state index contributed by atoms with van der Waals surface area (Å²) in [7, 11) is 1.25. The van der Waals surface area contributed by atoms with Gasteiger partial charge >= 0.3 is 5.97 Å². The molecule has 148 valence electrons. The average molecular weight is 376 g/mol. The van der Waals surface area contributed by atoms with Crippen LogP contribution in [-0.2, 0) is 14.3 Å². The zero-order valence-electron chi connectivity index (χ0n) is 15.7. The van der Waals surface area contributed by atoms with Gasteiger partial charge in [0.1, 0.15) is 5.75 Å². The lowest BCUT2D eigenvalue weighted by molar-refractivity contribution is -0.151. The van der Waals surface area contributed by atoms with Crippen LogP contribution in [0, 0.1) is 0 Å². The van der Waals surface area contributed by atoms with Crippen LogP contribution >= 0.6 is 0 Å². The van der Waals surface area contributed by atoms with Gasteiger partial charge in [-0.15, -0.1) is 0 Å². The molecule has 2 aliphatic rings. The number of anilines is 1. The lowest BCUT2D eigenvalue weighted by atomic mass is 10.0. The molecule has 2 saturated heterocycles. The Labute approximate surface area is 159 Å². The van der Waals surface area contributed by atoms with E-state index in [1.165, 1.54) is 20.0 Å². The molecule has 1 atom stereocenters. The molecule has 8 heteroatoms. The lowest BCUT2D eigenvalue weighted by Gasteiger charge is -2.41. The number of methoxy groups -OCH3 is 1. The van der Waals surface area contributed by atoms with E-state index in [1.807, 2.05) is 12.1 Å². The number of piperidine rings is 1. The van der Waals surface area contributed by atoms with E-state index in [0.717, 1.165) is 45.0 Å². The summed E-state index contributed by atoms with van der Waals surface area (Å²) in [5.74, 6) is -0.156. The number of carbonyl (C=O) groups excluding carboxylic acids is 2. The summed E-state index contributed by atoms with van der Waals surface area (Å²) in [5, 5.41) is 5.72. The Hall–Kier alpha value is -2.32. The topological polar surface area (TPSA) is 83.1 Å². The van der Waals surface area contributed by atoms with E-state index >= 15 is 0 Å². The smallest absolute Gasteiger partial charge is 0.368 e. The molecule has 0 spiro atoms. The van der Waals surface area contributed by atoms with Crippen molar-refractivity contribution in [3.8, 4) is 5.75 Å². The fourth-order valence-electron chi connectivity index (χ4n) is 3.71. The summed E-state index contributed by atoms with van der Waals surface area (Å²) in [6.45, 7) is 6.41. The number of rotatable bonds is 7. The van der Waals surface area contributed by atoms with Crippen molar-refractivity contribution in [2.75, 3.05) is 51.3 Å². The quantitative estimate of drug-likeness (QED) is 0.399. The van der Waals surface area contributed by atoms with Crippen molar-refractivity contribution in [3.63, 3.8) is 0 Å². The number of carbonyl (C=O) groups is 2. The van der Waals surface area contributed by atoms with Crippen LogP contribution in [0.3, 0.4) is 0 Å². The predicted molar refractivity (Wildman–Crippen MR) is 102 cm³/mol. The Morgan fingerprint density at radius 3 is 2.44 bits per heavy atom. The lowest BCUT2D eigenvalue weighted by Crippen LogP contribution is -2.52. The maximum Gasteiger partial charge on any atom is 0.368 e. The van der Waals surface area contributed by atoms with E-state index in [9.17, 15) is 9.59 Å². The van der Waals surface area contributed by atoms with Crippen molar-refractivity contribution in [1.29, 1.82) is 0 Å². The van der Waals surface area contributed by atoms with Crippen LogP contribution in [0.15, 0.2) is 24.3 Å². The van der Waals surface area contributed by atoms with Crippen LogP contribution in [0.4, 0.5) is 5.69 Å². The standard InChI is InChI=1S/C19H28N4O4/c1-26-19(25)18(21-14-24)27-17-4-2-15(3-5-17)22-10-12-23(13-11-22)16-6-8-20-9-7-16/h2-5,14,16,18,20H,6-13H2,1H3,(H,21,24). The molecule has 0 aliphatic carbocycles. The molecule has 1 aromatic carbocycles. The van der Waals surface area contributed by atoms with Gasteiger partial charge in [-0.25, -0.2) is 4.79 Å². The van der Waals surface area contributed by atoms with Gasteiger partial charge in [0.05, 0.1) is 7.11 Å². The predicted octanol–water partition coefficient (Wildman–Crippen LogP) is 0.185. The highest BCUT2D eigenvalue weighted by atomic mass is 16.6. The average Bonchev–Trinajstić information content (AvgIpc) is 2.74. The Morgan fingerprint density at radius 2 is 1.85 bits per heavy atom. The Morgan fingerprint density at radius 1 is 1.19 bits per heavy atom. The number of benzene rings is 1. The first-order valence-corrected chi connectivity index (χ1v) is 9.45. The van der Waals surface area contributed by atoms with Gasteiger partial charge in [-0.2, -0.15) is 0 Å². The second kappa shape index (κ2) is 9.57. The summed E-state index contributed by atoms with van der Waals surface area (Å²) in [4.78, 5) is 27.2. The Bertz CT molecular complexity index is 611. The number of hydrogen-bond acceptors (Lipinski definition) is 7. The SMILES string of the molecule is COC(=O)C(NC=O)Oc1ccc(N2CCN(C3CCNCC3)CC2)cc1. The van der Waals surface area contributed by atoms with Gasteiger partial charge in [0.25, 0.3) is 6.23 Å². The van der Waals surface area contributed by atoms with Crippen LogP contribution in [-0.4, -0.2) is 75.9 Å². The van der Waals surface area contributed by atoms with E-state index < -0.39 is 12.2 Å². The summed E-state index contributed by atoms with van der Waals surface area (Å²) in [5.41, 5.74) is 1.13. The number of esters is 1. The Balaban J connectivity index is 1.53. The summed E-state index contributed by atoms with van der Waals surface area (Å²) < 4.78 is 10.1. The fourth-order valence-corrected chi connectivity index (χ4v) is 3.71. The highest BCUT2D eigenvalue weighted by Crippen LogP contribution is 2.23. The number of piperazine rings is 1. The number of nitrogens with one attached hydrogen (secondary N) is 2. The summed E-state index contributed by atoms with van der Waals surface area (Å²) in [6, 6.07) is 8.27. The number of amides is 1. The highest BCUT2D eigenvalue weighted by Gasteiger charge is 2.25. The van der Waals surface area contributed by atoms with Crippen molar-refractivity contribution in [2.45, 2.75) is 25.1 Å². The Kier molecular flexibility index (Phi) is 6.89. The van der Waals surface area contributed by atoms with Gasteiger partial charge in [0, 0.05) is 37.9 Å². The molecular formula is C19H28N4O4. The third-order valence-corrected chi connectivity index (χ3v) is 5.23. The minimum atomic E-state index is -1.15. The number of nitrogens with zero attached hydrogens (tertiary/aromatic N) is 2. The molecular weight excluding hydrogens is 348 g/mol. The molecule has 2 N–H and O–H groups in total. The zero-order chi connectivity index (χ0) is 19.1. The van der Waals surface area contributed by atoms with E-state index in [2.05, 4.69) is 25.2 Å². The van der Waals surface area contributed by atoms with Gasteiger partial charge in [-0.3, -0.25) is 9.69 Å². The molecule has 27 heavy (non-hydrogen) atoms. The first kappa shape index (κ1) is 19.4. The molecule has 2 aliphatic heterocycles. The normalized spacial score (nSPS) is 20.0. The minimum Gasteiger partial charge on any atom is -0.465 e. The van der Waals surface area contributed by atoms with E-state index in [0.29, 0.717) is 18.2 Å². The third-order valence-electron chi connectivity index (χ3n) is 5.23. The fraction of sp³-hybridized carbons (Fsp3) is 0.579. The van der Waals surface area contributed by atoms with Crippen molar-refractivity contribution >= 4 is 18.1 Å². The van der Waals surface area contributed by atoms with Gasteiger partial charge in [-0.05, 0) is 50.2 Å². The highest BCUT2D eigenvalue weighted by molar-refractivity contribution is 5.76. The first-order chi connectivity index (χ1) is 13.2. The third kappa shape index (κ3) is 5.11. The van der Waals surface area contributed by atoms with E-state index in [4.69, 9.17) is 4.74 Å². The van der Waals surface area contributed by atoms with Crippen molar-refractivity contribution < 1.29 is 19.1 Å². The van der Waals surface area contributed by atoms with Crippen molar-refractivity contribution in [3.05, 3.63) is 24.3 Å². The van der Waals surface area contributed by atoms with E-state index in [1.54, 1.807) is 12.1 Å². The van der Waals surface area contributed by atoms with Crippen molar-refractivity contribution in [1.82, 2.24) is 15.5 Å². The van der Waals surface area contributed by atoms with E-state index in [-0.39, 0.29) is 0 Å². The van der Waals surface area contributed by atoms with Gasteiger partial charge in [0.15, 0.2) is 0 Å². The molecule has 0 saturated carbocycles. The second-order valence-corrected chi connectivity index (χ2v) is 6.80. The maximum atomic E-state index is 11.6. The van der Waals surface area contributed by atoms with Crippen LogP contribution in [0.1, 0.15) is 12.8 Å². The molecule has 8 nitrogen and oxygen atoms in total. The van der Waals surface area contributed by atoms with Crippen LogP contribution in [0.2, 0.25) is 0 Å². The summed E-state index contributed by atoms with van der Waals surface area (Å²) in [6.07, 6.45) is 1.74. The zero-order valence-corrected chi connectivity index (χ0v) is 15.7. The molecule has 0 bridgehead atoms. The summed E-state index contributed by atoms with van der Waals surface area (Å²) >= 11 is 0. The van der Waals surface area contributed by atoms with Gasteiger partial charge in [0.2, 0.25) is 6.41 Å². The van der Waals surface area contributed by atoms with Crippen LogP contribution in [0.25, 0.3) is 0 Å². The molecule has 3 rings (SSSR count). The van der Waals surface area contributed by atoms with Crippen LogP contribution < -0.4 is 20.3 Å². The van der Waals surface area contributed by atoms with Gasteiger partial charge in [-0.1, -0.05) is 0 Å². The minimum absolute atomic E-state index is 0.415. The monoisotopic (exact) mass is 376 g/mol. The maximum absolute atomic E-state index is 11.6. The molecule has 0 aromatic heterocycles. The molecule has 0 radical (unpaired) electrons. The first-order valence-electron chi connectivity index (χ1n) is 9.45. The van der Waals surface area contributed by atoms with Crippen LogP contribution in [0.5, 0.6) is 5.75 Å². The molecule has 1 unspecified atom stereocenters. The largest absolute Gasteiger partial charge is 0.465 e. The van der Waals surface area contributed by atoms with Crippen molar-refractivity contribution in [2.24, 2.45) is 0 Å². The van der Waals surface area contributed by atoms with Gasteiger partial charge < -0.3 is 25.0 Å².